The second-order valence-corrected chi connectivity index (χ2v) is 7.06. The van der Waals surface area contributed by atoms with Gasteiger partial charge in [0.15, 0.2) is 0 Å². The molecule has 0 unspecified atom stereocenters. The maximum atomic E-state index is 12.5. The third-order valence-corrected chi connectivity index (χ3v) is 5.38. The number of fused-ring (bicyclic) bond motifs is 1. The summed E-state index contributed by atoms with van der Waals surface area (Å²) < 4.78 is 1.43. The summed E-state index contributed by atoms with van der Waals surface area (Å²) in [7, 11) is 1.65. The Bertz CT molecular complexity index is 1060. The Morgan fingerprint density at radius 3 is 2.93 bits per heavy atom. The van der Waals surface area contributed by atoms with Gasteiger partial charge in [0.25, 0.3) is 11.2 Å². The highest BCUT2D eigenvalue weighted by atomic mass is 32.1. The fraction of sp³-hybridized carbons (Fsp3) is 0.278. The number of amides is 1. The Kier molecular flexibility index (Phi) is 5.31. The predicted octanol–water partition coefficient (Wildman–Crippen LogP) is 2.98. The van der Waals surface area contributed by atoms with E-state index in [1.807, 2.05) is 12.3 Å². The van der Waals surface area contributed by atoms with E-state index in [0.29, 0.717) is 15.8 Å². The molecule has 2 heterocycles. The van der Waals surface area contributed by atoms with Gasteiger partial charge in [-0.2, -0.15) is 0 Å². The van der Waals surface area contributed by atoms with Crippen molar-refractivity contribution in [2.45, 2.75) is 25.9 Å². The smallest absolute Gasteiger partial charge is 0.269 e. The number of nitro benzene ring substituents is 1. The van der Waals surface area contributed by atoms with Crippen LogP contribution in [0.4, 0.5) is 5.69 Å². The first-order valence-corrected chi connectivity index (χ1v) is 9.19. The summed E-state index contributed by atoms with van der Waals surface area (Å²) in [6.07, 6.45) is 1.59. The molecular weight excluding hydrogens is 368 g/mol. The number of benzene rings is 1. The van der Waals surface area contributed by atoms with Crippen molar-refractivity contribution in [1.29, 1.82) is 0 Å². The molecule has 9 heteroatoms. The predicted molar refractivity (Wildman–Crippen MR) is 103 cm³/mol. The van der Waals surface area contributed by atoms with Crippen LogP contribution in [0.25, 0.3) is 10.2 Å². The molecule has 2 aromatic heterocycles. The minimum Gasteiger partial charge on any atom is -0.339 e. The van der Waals surface area contributed by atoms with Gasteiger partial charge in [0.2, 0.25) is 5.91 Å². The summed E-state index contributed by atoms with van der Waals surface area (Å²) in [4.78, 5) is 41.8. The van der Waals surface area contributed by atoms with Crippen LogP contribution < -0.4 is 5.56 Å². The largest absolute Gasteiger partial charge is 0.339 e. The summed E-state index contributed by atoms with van der Waals surface area (Å²) in [5.74, 6) is -0.161. The molecule has 0 fully saturated rings. The average Bonchev–Trinajstić information content (AvgIpc) is 3.15. The molecule has 3 rings (SSSR count). The molecule has 1 atom stereocenters. The molecule has 0 radical (unpaired) electrons. The fourth-order valence-corrected chi connectivity index (χ4v) is 3.51. The number of thiophene rings is 1. The van der Waals surface area contributed by atoms with Crippen molar-refractivity contribution >= 4 is 33.1 Å². The molecule has 0 spiro atoms. The molecule has 1 aromatic carbocycles. The van der Waals surface area contributed by atoms with Crippen LogP contribution in [0.2, 0.25) is 0 Å². The van der Waals surface area contributed by atoms with E-state index in [0.717, 1.165) is 0 Å². The lowest BCUT2D eigenvalue weighted by Gasteiger charge is -2.25. The average molecular weight is 386 g/mol. The van der Waals surface area contributed by atoms with Crippen LogP contribution >= 0.6 is 11.3 Å². The van der Waals surface area contributed by atoms with Crippen molar-refractivity contribution in [3.8, 4) is 0 Å². The van der Waals surface area contributed by atoms with Crippen LogP contribution in [0.15, 0.2) is 46.8 Å². The Labute approximate surface area is 158 Å². The standard InChI is InChI=1S/C18H18N4O4S/c1-12(13-4-3-5-14(10-13)22(25)26)20(2)16(23)6-8-21-11-19-17-15(18(21)24)7-9-27-17/h3-5,7,9-12H,6,8H2,1-2H3/t12-/m0/s1. The van der Waals surface area contributed by atoms with Gasteiger partial charge in [-0.25, -0.2) is 4.98 Å². The number of non-ortho nitro benzene ring substituents is 1. The van der Waals surface area contributed by atoms with Crippen LogP contribution in [-0.4, -0.2) is 32.3 Å². The number of nitro groups is 1. The van der Waals surface area contributed by atoms with E-state index in [1.54, 1.807) is 25.2 Å². The van der Waals surface area contributed by atoms with Crippen molar-refractivity contribution in [2.24, 2.45) is 0 Å². The Morgan fingerprint density at radius 2 is 2.19 bits per heavy atom. The monoisotopic (exact) mass is 386 g/mol. The van der Waals surface area contributed by atoms with Gasteiger partial charge in [0, 0.05) is 32.1 Å². The van der Waals surface area contributed by atoms with Crippen LogP contribution in [0.1, 0.15) is 24.9 Å². The minimum absolute atomic E-state index is 0.0121. The third kappa shape index (κ3) is 3.87. The zero-order valence-corrected chi connectivity index (χ0v) is 15.7. The molecule has 140 valence electrons. The van der Waals surface area contributed by atoms with Crippen LogP contribution in [-0.2, 0) is 11.3 Å². The molecule has 0 saturated heterocycles. The number of carbonyl (C=O) groups excluding carboxylic acids is 1. The van der Waals surface area contributed by atoms with Gasteiger partial charge in [0.05, 0.1) is 22.7 Å². The molecule has 27 heavy (non-hydrogen) atoms. The first-order chi connectivity index (χ1) is 12.9. The summed E-state index contributed by atoms with van der Waals surface area (Å²) in [5, 5.41) is 13.3. The van der Waals surface area contributed by atoms with E-state index in [2.05, 4.69) is 4.98 Å². The Hall–Kier alpha value is -3.07. The Morgan fingerprint density at radius 1 is 1.41 bits per heavy atom. The van der Waals surface area contributed by atoms with Crippen LogP contribution in [0.3, 0.4) is 0 Å². The molecule has 8 nitrogen and oxygen atoms in total. The van der Waals surface area contributed by atoms with Crippen molar-refractivity contribution in [3.05, 3.63) is 68.1 Å². The van der Waals surface area contributed by atoms with Gasteiger partial charge in [-0.15, -0.1) is 11.3 Å². The van der Waals surface area contributed by atoms with Gasteiger partial charge in [-0.1, -0.05) is 12.1 Å². The number of nitrogens with zero attached hydrogens (tertiary/aromatic N) is 4. The zero-order chi connectivity index (χ0) is 19.6. The summed E-state index contributed by atoms with van der Waals surface area (Å²) in [6, 6.07) is 7.63. The molecular formula is C18H18N4O4S. The van der Waals surface area contributed by atoms with Crippen molar-refractivity contribution in [2.75, 3.05) is 7.05 Å². The highest BCUT2D eigenvalue weighted by molar-refractivity contribution is 7.16. The normalized spacial score (nSPS) is 12.1. The Balaban J connectivity index is 1.69. The van der Waals surface area contributed by atoms with E-state index < -0.39 is 4.92 Å². The molecule has 0 aliphatic heterocycles. The number of hydrogen-bond donors (Lipinski definition) is 0. The molecule has 0 aliphatic carbocycles. The van der Waals surface area contributed by atoms with Gasteiger partial charge in [-0.3, -0.25) is 24.3 Å². The molecule has 0 aliphatic rings. The van der Waals surface area contributed by atoms with E-state index in [-0.39, 0.29) is 36.2 Å². The highest BCUT2D eigenvalue weighted by Crippen LogP contribution is 2.23. The number of carbonyl (C=O) groups is 1. The van der Waals surface area contributed by atoms with Crippen LogP contribution in [0, 0.1) is 10.1 Å². The number of aromatic nitrogens is 2. The SMILES string of the molecule is C[C@@H](c1cccc([N+](=O)[O-])c1)N(C)C(=O)CCn1cnc2sccc2c1=O. The van der Waals surface area contributed by atoms with Crippen molar-refractivity contribution in [3.63, 3.8) is 0 Å². The summed E-state index contributed by atoms with van der Waals surface area (Å²) in [6.45, 7) is 2.03. The molecule has 1 amide bonds. The van der Waals surface area contributed by atoms with E-state index in [4.69, 9.17) is 0 Å². The lowest BCUT2D eigenvalue weighted by molar-refractivity contribution is -0.384. The molecule has 3 aromatic rings. The van der Waals surface area contributed by atoms with Crippen molar-refractivity contribution < 1.29 is 9.72 Å². The molecule has 0 N–H and O–H groups in total. The zero-order valence-electron chi connectivity index (χ0n) is 14.9. The number of hydrogen-bond acceptors (Lipinski definition) is 6. The second-order valence-electron chi connectivity index (χ2n) is 6.17. The third-order valence-electron chi connectivity index (χ3n) is 4.55. The minimum atomic E-state index is -0.460. The number of rotatable bonds is 6. The molecule has 0 bridgehead atoms. The van der Waals surface area contributed by atoms with Crippen molar-refractivity contribution in [1.82, 2.24) is 14.5 Å². The lowest BCUT2D eigenvalue weighted by atomic mass is 10.1. The van der Waals surface area contributed by atoms with Gasteiger partial charge in [-0.05, 0) is 23.9 Å². The van der Waals surface area contributed by atoms with Gasteiger partial charge in [0.1, 0.15) is 4.83 Å². The van der Waals surface area contributed by atoms with E-state index >= 15 is 0 Å². The second kappa shape index (κ2) is 7.67. The van der Waals surface area contributed by atoms with E-state index in [1.165, 1.54) is 39.3 Å². The first kappa shape index (κ1) is 18.7. The van der Waals surface area contributed by atoms with Crippen LogP contribution in [0.5, 0.6) is 0 Å². The summed E-state index contributed by atoms with van der Waals surface area (Å²) in [5.41, 5.74) is 0.504. The quantitative estimate of drug-likeness (QED) is 0.479. The van der Waals surface area contributed by atoms with E-state index in [9.17, 15) is 19.7 Å². The molecule has 0 saturated carbocycles. The maximum absolute atomic E-state index is 12.5. The summed E-state index contributed by atoms with van der Waals surface area (Å²) >= 11 is 1.40. The fourth-order valence-electron chi connectivity index (χ4n) is 2.78. The van der Waals surface area contributed by atoms with Gasteiger partial charge < -0.3 is 4.90 Å². The topological polar surface area (TPSA) is 98.3 Å². The van der Waals surface area contributed by atoms with Gasteiger partial charge >= 0.3 is 0 Å². The lowest BCUT2D eigenvalue weighted by Crippen LogP contribution is -2.31. The first-order valence-electron chi connectivity index (χ1n) is 8.31. The maximum Gasteiger partial charge on any atom is 0.269 e. The number of aryl methyl sites for hydroxylation is 1. The highest BCUT2D eigenvalue weighted by Gasteiger charge is 2.19.